The van der Waals surface area contributed by atoms with Crippen LogP contribution in [-0.2, 0) is 8.92 Å². The molecule has 0 saturated heterocycles. The quantitative estimate of drug-likeness (QED) is 0.372. The van der Waals surface area contributed by atoms with Crippen molar-refractivity contribution >= 4 is 76.6 Å². The molecule has 0 N–H and O–H groups in total. The van der Waals surface area contributed by atoms with Crippen LogP contribution in [0.2, 0.25) is 0 Å². The summed E-state index contributed by atoms with van der Waals surface area (Å²) in [6.07, 6.45) is 0. The molecule has 2 nitrogen and oxygen atoms in total. The van der Waals surface area contributed by atoms with Crippen molar-refractivity contribution < 1.29 is 8.92 Å². The van der Waals surface area contributed by atoms with Gasteiger partial charge in [0.05, 0.1) is 0 Å². The smallest absolute Gasteiger partial charge is 0.274 e. The Morgan fingerprint density at radius 1 is 1.20 bits per heavy atom. The summed E-state index contributed by atoms with van der Waals surface area (Å²) in [4.78, 5) is 0. The average Bonchev–Trinajstić information content (AvgIpc) is 0.918. The summed E-state index contributed by atoms with van der Waals surface area (Å²) < 4.78 is 16.8. The SMILES string of the molecule is O=[Si]=O.[Ca].[Na]. The van der Waals surface area contributed by atoms with Gasteiger partial charge in [-0.25, -0.2) is 0 Å². The number of hydrogen-bond acceptors (Lipinski definition) is 2. The van der Waals surface area contributed by atoms with Crippen LogP contribution in [0.15, 0.2) is 0 Å². The molecule has 0 amide bonds. The van der Waals surface area contributed by atoms with Gasteiger partial charge in [0.1, 0.15) is 0 Å². The number of rotatable bonds is 0. The van der Waals surface area contributed by atoms with E-state index >= 15 is 0 Å². The summed E-state index contributed by atoms with van der Waals surface area (Å²) in [5.74, 6) is 0. The van der Waals surface area contributed by atoms with Gasteiger partial charge in [0.15, 0.2) is 0 Å². The van der Waals surface area contributed by atoms with E-state index in [-0.39, 0.29) is 67.3 Å². The summed E-state index contributed by atoms with van der Waals surface area (Å²) in [5, 5.41) is 0. The monoisotopic (exact) mass is 123 g/mol. The minimum atomic E-state index is -1.42. The topological polar surface area (TPSA) is 34.1 Å². The van der Waals surface area contributed by atoms with Gasteiger partial charge < -0.3 is 0 Å². The zero-order chi connectivity index (χ0) is 2.71. The van der Waals surface area contributed by atoms with E-state index in [9.17, 15) is 0 Å². The van der Waals surface area contributed by atoms with Crippen LogP contribution in [0.3, 0.4) is 0 Å². The normalized spacial score (nSPS) is 1.60. The average molecular weight is 123 g/mol. The van der Waals surface area contributed by atoms with Crippen LogP contribution in [0, 0.1) is 0 Å². The molecule has 3 radical (unpaired) electrons. The van der Waals surface area contributed by atoms with E-state index in [1.807, 2.05) is 0 Å². The van der Waals surface area contributed by atoms with Crippen molar-refractivity contribution in [3.05, 3.63) is 0 Å². The van der Waals surface area contributed by atoms with Gasteiger partial charge in [-0.05, 0) is 0 Å². The Bertz CT molecular complexity index is 30.6. The Morgan fingerprint density at radius 2 is 1.20 bits per heavy atom. The molecule has 0 atom stereocenters. The molecule has 19 valence electrons. The maximum atomic E-state index is 8.40. The third-order valence-corrected chi connectivity index (χ3v) is 0. The van der Waals surface area contributed by atoms with E-state index in [1.54, 1.807) is 0 Å². The van der Waals surface area contributed by atoms with Gasteiger partial charge in [0.2, 0.25) is 0 Å². The molecule has 0 rings (SSSR count). The molecule has 0 spiro atoms. The molecular formula is CaNaO2Si. The Morgan fingerprint density at radius 3 is 1.20 bits per heavy atom. The molecule has 0 heterocycles. The molecule has 0 aliphatic rings. The molecule has 0 unspecified atom stereocenters. The molecule has 0 aliphatic carbocycles. The third kappa shape index (κ3) is 23.4. The van der Waals surface area contributed by atoms with Crippen molar-refractivity contribution in [2.24, 2.45) is 0 Å². The summed E-state index contributed by atoms with van der Waals surface area (Å²) in [5.41, 5.74) is 0. The third-order valence-electron chi connectivity index (χ3n) is 0. The molecule has 0 aromatic heterocycles. The Kier molecular flexibility index (Phi) is 52.0. The van der Waals surface area contributed by atoms with Gasteiger partial charge in [-0.1, -0.05) is 0 Å². The molecule has 0 saturated carbocycles. The first-order chi connectivity index (χ1) is 1.41. The fourth-order valence-corrected chi connectivity index (χ4v) is 0. The Balaban J connectivity index is -0.0000000200. The Labute approximate surface area is 83.9 Å². The predicted octanol–water partition coefficient (Wildman–Crippen LogP) is -1.38. The van der Waals surface area contributed by atoms with Crippen LogP contribution >= 0.6 is 0 Å². The van der Waals surface area contributed by atoms with Crippen molar-refractivity contribution in [1.82, 2.24) is 0 Å². The van der Waals surface area contributed by atoms with Crippen molar-refractivity contribution in [2.45, 2.75) is 0 Å². The summed E-state index contributed by atoms with van der Waals surface area (Å²) in [6, 6.07) is 0. The minimum absolute atomic E-state index is 0. The standard InChI is InChI=1S/Ca.Na.O2Si/c;;1-3-2. The van der Waals surface area contributed by atoms with Gasteiger partial charge in [0, 0.05) is 67.3 Å². The van der Waals surface area contributed by atoms with Crippen molar-refractivity contribution in [1.29, 1.82) is 0 Å². The van der Waals surface area contributed by atoms with E-state index in [4.69, 9.17) is 8.92 Å². The fraction of sp³-hybridized carbons (Fsp3) is 0. The van der Waals surface area contributed by atoms with Crippen LogP contribution in [-0.4, -0.2) is 76.6 Å². The second-order valence-electron chi connectivity index (χ2n) is 0.0833. The van der Waals surface area contributed by atoms with Crippen molar-refractivity contribution in [2.75, 3.05) is 0 Å². The largest absolute Gasteiger partial charge is 0.549 e. The van der Waals surface area contributed by atoms with Crippen molar-refractivity contribution in [3.63, 3.8) is 0 Å². The molecule has 0 aliphatic heterocycles. The van der Waals surface area contributed by atoms with Gasteiger partial charge in [-0.15, -0.1) is 0 Å². The fourth-order valence-electron chi connectivity index (χ4n) is 0. The summed E-state index contributed by atoms with van der Waals surface area (Å²) in [7, 11) is -1.42. The van der Waals surface area contributed by atoms with Crippen LogP contribution < -0.4 is 0 Å². The maximum Gasteiger partial charge on any atom is 0.549 e. The van der Waals surface area contributed by atoms with Gasteiger partial charge in [-0.2, -0.15) is 0 Å². The maximum absolute atomic E-state index is 8.40. The van der Waals surface area contributed by atoms with Crippen LogP contribution in [0.1, 0.15) is 0 Å². The van der Waals surface area contributed by atoms with Crippen LogP contribution in [0.4, 0.5) is 0 Å². The predicted molar refractivity (Wildman–Crippen MR) is 18.6 cm³/mol. The van der Waals surface area contributed by atoms with Gasteiger partial charge in [0.25, 0.3) is 0 Å². The second kappa shape index (κ2) is 16.5. The second-order valence-corrected chi connectivity index (χ2v) is 0.250. The molecule has 0 aromatic carbocycles. The van der Waals surface area contributed by atoms with Gasteiger partial charge in [-0.3, -0.25) is 8.92 Å². The first-order valence-corrected chi connectivity index (χ1v) is 1.22. The van der Waals surface area contributed by atoms with E-state index in [1.165, 1.54) is 0 Å². The molecular weight excluding hydrogens is 123 g/mol. The zero-order valence-electron chi connectivity index (χ0n) is 3.02. The summed E-state index contributed by atoms with van der Waals surface area (Å²) >= 11 is 0. The van der Waals surface area contributed by atoms with E-state index in [0.717, 1.165) is 0 Å². The molecule has 0 aromatic rings. The van der Waals surface area contributed by atoms with E-state index in [0.29, 0.717) is 0 Å². The first kappa shape index (κ1) is 15.7. The molecule has 5 heteroatoms. The van der Waals surface area contributed by atoms with E-state index < -0.39 is 9.29 Å². The van der Waals surface area contributed by atoms with Crippen LogP contribution in [0.25, 0.3) is 0 Å². The molecule has 0 bridgehead atoms. The number of hydrogen-bond donors (Lipinski definition) is 0. The minimum Gasteiger partial charge on any atom is -0.274 e. The Hall–Kier alpha value is 2.08. The van der Waals surface area contributed by atoms with E-state index in [2.05, 4.69) is 0 Å². The van der Waals surface area contributed by atoms with Crippen molar-refractivity contribution in [3.8, 4) is 0 Å². The first-order valence-electron chi connectivity index (χ1n) is 0.408. The summed E-state index contributed by atoms with van der Waals surface area (Å²) in [6.45, 7) is 0. The van der Waals surface area contributed by atoms with Crippen LogP contribution in [0.5, 0.6) is 0 Å². The molecule has 0 fully saturated rings. The zero-order valence-corrected chi connectivity index (χ0v) is 8.23. The molecule has 5 heavy (non-hydrogen) atoms. The van der Waals surface area contributed by atoms with Gasteiger partial charge >= 0.3 is 9.29 Å².